The van der Waals surface area contributed by atoms with E-state index in [0.717, 1.165) is 77.4 Å². The lowest BCUT2D eigenvalue weighted by Crippen LogP contribution is -2.36. The highest BCUT2D eigenvalue weighted by Crippen LogP contribution is 2.43. The summed E-state index contributed by atoms with van der Waals surface area (Å²) < 4.78 is 12.5. The smallest absolute Gasteiger partial charge is 0.269 e. The lowest BCUT2D eigenvalue weighted by atomic mass is 9.80. The van der Waals surface area contributed by atoms with Crippen LogP contribution in [0, 0.1) is 0 Å². The van der Waals surface area contributed by atoms with Crippen LogP contribution in [0.2, 0.25) is 0 Å². The quantitative estimate of drug-likeness (QED) is 0.0119. The summed E-state index contributed by atoms with van der Waals surface area (Å²) in [4.78, 5) is 50.1. The predicted molar refractivity (Wildman–Crippen MR) is 372 cm³/mol. The third-order valence-corrected chi connectivity index (χ3v) is 18.3. The van der Waals surface area contributed by atoms with Crippen molar-refractivity contribution in [3.05, 3.63) is 347 Å². The van der Waals surface area contributed by atoms with Gasteiger partial charge in [-0.2, -0.15) is 0 Å². The maximum absolute atomic E-state index is 14.7. The number of oxime groups is 2. The van der Waals surface area contributed by atoms with Crippen LogP contribution >= 0.6 is 21.6 Å². The molecular weight excluding hydrogens is 1180 g/mol. The fourth-order valence-electron chi connectivity index (χ4n) is 11.3. The Kier molecular flexibility index (Phi) is 20.3. The Balaban J connectivity index is 0.758. The monoisotopic (exact) mass is 1250 g/mol. The van der Waals surface area contributed by atoms with E-state index in [1.165, 1.54) is 0 Å². The Hall–Kier alpha value is -10.5. The third-order valence-electron chi connectivity index (χ3n) is 15.9. The van der Waals surface area contributed by atoms with E-state index in [9.17, 15) is 9.59 Å². The highest BCUT2D eigenvalue weighted by atomic mass is 33.1. The van der Waals surface area contributed by atoms with E-state index in [2.05, 4.69) is 20.6 Å². The summed E-state index contributed by atoms with van der Waals surface area (Å²) in [6.07, 6.45) is 4.12. The van der Waals surface area contributed by atoms with Crippen LogP contribution in [0.25, 0.3) is 21.8 Å². The Morgan fingerprint density at radius 3 is 0.978 bits per heavy atom. The van der Waals surface area contributed by atoms with Crippen LogP contribution in [0.5, 0.6) is 11.5 Å². The Morgan fingerprint density at radius 1 is 0.380 bits per heavy atom. The first-order chi connectivity index (χ1) is 45.4. The Bertz CT molecular complexity index is 3910. The molecule has 10 aromatic carbocycles. The molecular formula is C78H68N6O6S2. The van der Waals surface area contributed by atoms with Crippen molar-refractivity contribution >= 4 is 66.6 Å². The van der Waals surface area contributed by atoms with Crippen molar-refractivity contribution in [2.75, 3.05) is 24.6 Å². The van der Waals surface area contributed by atoms with Gasteiger partial charge in [0.1, 0.15) is 36.1 Å². The Morgan fingerprint density at radius 2 is 0.674 bits per heavy atom. The summed E-state index contributed by atoms with van der Waals surface area (Å²) in [6.45, 7) is 1.48. The number of aromatic amines is 2. The number of fused-ring (bicyclic) bond motifs is 2. The number of benzene rings is 10. The zero-order chi connectivity index (χ0) is 62.6. The average molecular weight is 1250 g/mol. The SMILES string of the molecule is O=C(NCCSSCCNC(=O)/C(Cc1c[nH]c2ccc(OCc3ccccc3)cc12)=N/OC(c1ccccc1)(c1ccccc1)c1ccccc1)/C(Cc1c[nH]c2ccc(OCc3ccccc3)cc12)=N/OC(c1ccccc1)(c1ccccc1)c1ccccc1. The number of rotatable bonds is 29. The minimum atomic E-state index is -1.22. The van der Waals surface area contributed by atoms with Gasteiger partial charge in [0.05, 0.1) is 0 Å². The van der Waals surface area contributed by atoms with Gasteiger partial charge >= 0.3 is 0 Å². The first-order valence-corrected chi connectivity index (χ1v) is 33.1. The molecule has 458 valence electrons. The average Bonchev–Trinajstić information content (AvgIpc) is 1.000. The summed E-state index contributed by atoms with van der Waals surface area (Å²) in [7, 11) is 3.19. The second kappa shape index (κ2) is 30.3. The summed E-state index contributed by atoms with van der Waals surface area (Å²) in [5.74, 6) is 1.79. The van der Waals surface area contributed by atoms with E-state index in [4.69, 9.17) is 29.5 Å². The summed E-state index contributed by atoms with van der Waals surface area (Å²) in [6, 6.07) is 91.7. The molecule has 0 saturated heterocycles. The number of hydrogen-bond donors (Lipinski definition) is 4. The largest absolute Gasteiger partial charge is 0.489 e. The molecule has 12 aromatic rings. The molecule has 0 fully saturated rings. The van der Waals surface area contributed by atoms with Gasteiger partial charge in [-0.1, -0.05) is 275 Å². The number of amides is 2. The molecule has 2 heterocycles. The van der Waals surface area contributed by atoms with Crippen molar-refractivity contribution in [3.8, 4) is 11.5 Å². The molecule has 0 atom stereocenters. The highest BCUT2D eigenvalue weighted by molar-refractivity contribution is 8.76. The zero-order valence-electron chi connectivity index (χ0n) is 50.5. The van der Waals surface area contributed by atoms with E-state index in [0.29, 0.717) is 49.3 Å². The maximum atomic E-state index is 14.7. The first-order valence-electron chi connectivity index (χ1n) is 30.6. The van der Waals surface area contributed by atoms with Gasteiger partial charge in [0.25, 0.3) is 11.8 Å². The summed E-state index contributed by atoms with van der Waals surface area (Å²) in [5.41, 5.74) is 8.62. The van der Waals surface area contributed by atoms with Crippen LogP contribution in [0.1, 0.15) is 55.6 Å². The molecule has 0 radical (unpaired) electrons. The lowest BCUT2D eigenvalue weighted by Gasteiger charge is -2.33. The molecule has 0 saturated carbocycles. The second-order valence-corrected chi connectivity index (χ2v) is 24.6. The number of carbonyl (C=O) groups is 2. The maximum Gasteiger partial charge on any atom is 0.269 e. The topological polar surface area (TPSA) is 151 Å². The minimum absolute atomic E-state index is 0.149. The third kappa shape index (κ3) is 14.7. The molecule has 4 N–H and O–H groups in total. The number of hydrogen-bond acceptors (Lipinski definition) is 10. The molecule has 0 unspecified atom stereocenters. The van der Waals surface area contributed by atoms with Crippen LogP contribution in [-0.2, 0) is 56.5 Å². The zero-order valence-corrected chi connectivity index (χ0v) is 52.2. The minimum Gasteiger partial charge on any atom is -0.489 e. The van der Waals surface area contributed by atoms with Crippen molar-refractivity contribution in [1.29, 1.82) is 0 Å². The molecule has 14 heteroatoms. The lowest BCUT2D eigenvalue weighted by molar-refractivity contribution is -0.116. The van der Waals surface area contributed by atoms with Crippen LogP contribution in [-0.4, -0.2) is 57.8 Å². The molecule has 92 heavy (non-hydrogen) atoms. The van der Waals surface area contributed by atoms with Gasteiger partial charge in [-0.05, 0) is 58.7 Å². The number of ether oxygens (including phenoxy) is 2. The van der Waals surface area contributed by atoms with Crippen molar-refractivity contribution in [1.82, 2.24) is 20.6 Å². The van der Waals surface area contributed by atoms with E-state index < -0.39 is 11.2 Å². The molecule has 12 nitrogen and oxygen atoms in total. The van der Waals surface area contributed by atoms with Gasteiger partial charge in [-0.25, -0.2) is 0 Å². The normalized spacial score (nSPS) is 11.9. The van der Waals surface area contributed by atoms with Crippen molar-refractivity contribution < 1.29 is 28.7 Å². The van der Waals surface area contributed by atoms with Gasteiger partial charge in [-0.3, -0.25) is 9.59 Å². The first kappa shape index (κ1) is 61.7. The molecule has 0 spiro atoms. The van der Waals surface area contributed by atoms with Gasteiger partial charge in [0.15, 0.2) is 0 Å². The molecule has 0 aliphatic rings. The van der Waals surface area contributed by atoms with Crippen LogP contribution in [0.3, 0.4) is 0 Å². The fraction of sp³-hybridized carbons (Fsp3) is 0.128. The molecule has 0 bridgehead atoms. The summed E-state index contributed by atoms with van der Waals surface area (Å²) >= 11 is 0. The van der Waals surface area contributed by atoms with Gasteiger partial charge in [-0.15, -0.1) is 0 Å². The fourth-order valence-corrected chi connectivity index (χ4v) is 13.1. The molecule has 0 aliphatic carbocycles. The van der Waals surface area contributed by atoms with Crippen LogP contribution in [0.15, 0.2) is 302 Å². The van der Waals surface area contributed by atoms with Gasteiger partial charge in [0, 0.05) is 105 Å². The van der Waals surface area contributed by atoms with E-state index >= 15 is 0 Å². The van der Waals surface area contributed by atoms with E-state index in [1.54, 1.807) is 21.6 Å². The number of carbonyl (C=O) groups excluding carboxylic acids is 2. The van der Waals surface area contributed by atoms with Gasteiger partial charge in [0.2, 0.25) is 11.2 Å². The van der Waals surface area contributed by atoms with E-state index in [1.807, 2.05) is 291 Å². The molecule has 12 rings (SSSR count). The van der Waals surface area contributed by atoms with E-state index in [-0.39, 0.29) is 36.1 Å². The number of H-pyrrole nitrogens is 2. The molecule has 0 aliphatic heterocycles. The predicted octanol–water partition coefficient (Wildman–Crippen LogP) is 15.9. The number of aromatic nitrogens is 2. The molecule has 2 amide bonds. The van der Waals surface area contributed by atoms with Crippen molar-refractivity contribution in [3.63, 3.8) is 0 Å². The number of nitrogens with one attached hydrogen (secondary N) is 4. The standard InChI is InChI=1S/C78H68N6O6S2/c85-75(73(49-59-53-81-71-43-41-67(51-69(59)71)87-55-57-25-9-1-10-26-57)83-89-77(61-29-13-3-14-30-61,62-31-15-4-16-32-62)63-33-17-5-18-34-63)79-45-47-91-92-48-46-80-76(86)74(50-60-54-82-72-44-42-68(52-70(60)72)88-56-58-27-11-2-12-28-58)84-90-78(64-35-19-6-20-36-64,65-37-21-7-22-38-65)66-39-23-8-24-40-66/h1-44,51-54,81-82H,45-50,55-56H2,(H,79,85)(H,80,86)/b83-73+,84-74+. The Labute approximate surface area is 543 Å². The van der Waals surface area contributed by atoms with Crippen molar-refractivity contribution in [2.24, 2.45) is 10.3 Å². The van der Waals surface area contributed by atoms with Gasteiger partial charge < -0.3 is 39.8 Å². The second-order valence-electron chi connectivity index (χ2n) is 21.9. The highest BCUT2D eigenvalue weighted by Gasteiger charge is 2.41. The van der Waals surface area contributed by atoms with Crippen LogP contribution in [0.4, 0.5) is 0 Å². The number of nitrogens with zero attached hydrogens (tertiary/aromatic N) is 2. The summed E-state index contributed by atoms with van der Waals surface area (Å²) in [5, 5.41) is 17.9. The van der Waals surface area contributed by atoms with Crippen LogP contribution < -0.4 is 20.1 Å². The van der Waals surface area contributed by atoms with Crippen molar-refractivity contribution in [2.45, 2.75) is 37.3 Å². The molecule has 2 aromatic heterocycles.